The van der Waals surface area contributed by atoms with Crippen LogP contribution >= 0.6 is 11.8 Å². The summed E-state index contributed by atoms with van der Waals surface area (Å²) in [6, 6.07) is 5.93. The molecule has 26 heavy (non-hydrogen) atoms. The molecular weight excluding hydrogens is 379 g/mol. The minimum absolute atomic E-state index is 0.0164. The van der Waals surface area contributed by atoms with E-state index in [0.717, 1.165) is 0 Å². The van der Waals surface area contributed by atoms with Crippen molar-refractivity contribution >= 4 is 27.5 Å². The number of thioether (sulfide) groups is 1. The van der Waals surface area contributed by atoms with Crippen molar-refractivity contribution in [3.05, 3.63) is 30.1 Å². The Morgan fingerprint density at radius 2 is 2.12 bits per heavy atom. The van der Waals surface area contributed by atoms with Crippen LogP contribution in [0.5, 0.6) is 0 Å². The predicted molar refractivity (Wildman–Crippen MR) is 96.9 cm³/mol. The van der Waals surface area contributed by atoms with Crippen molar-refractivity contribution in [1.82, 2.24) is 20.1 Å². The van der Waals surface area contributed by atoms with Gasteiger partial charge in [0.05, 0.1) is 22.3 Å². The molecular formula is C16H19FN4O3S2. The topological polar surface area (TPSA) is 93.9 Å². The summed E-state index contributed by atoms with van der Waals surface area (Å²) >= 11 is 1.19. The largest absolute Gasteiger partial charge is 0.351 e. The minimum atomic E-state index is -3.05. The number of sulfone groups is 1. The quantitative estimate of drug-likeness (QED) is 0.766. The molecule has 0 spiro atoms. The van der Waals surface area contributed by atoms with Gasteiger partial charge in [-0.3, -0.25) is 4.79 Å². The number of amides is 1. The van der Waals surface area contributed by atoms with E-state index in [-0.39, 0.29) is 23.5 Å². The molecule has 1 saturated heterocycles. The molecule has 10 heteroatoms. The lowest BCUT2D eigenvalue weighted by molar-refractivity contribution is -0.120. The number of hydrogen-bond acceptors (Lipinski definition) is 6. The first kappa shape index (κ1) is 18.8. The molecule has 0 bridgehead atoms. The maximum Gasteiger partial charge on any atom is 0.233 e. The summed E-state index contributed by atoms with van der Waals surface area (Å²) < 4.78 is 38.5. The van der Waals surface area contributed by atoms with Crippen LogP contribution in [0, 0.1) is 5.82 Å². The van der Waals surface area contributed by atoms with E-state index in [0.29, 0.717) is 23.0 Å². The van der Waals surface area contributed by atoms with Crippen LogP contribution in [-0.4, -0.2) is 51.9 Å². The van der Waals surface area contributed by atoms with E-state index in [1.165, 1.54) is 17.8 Å². The maximum atomic E-state index is 13.9. The number of halogens is 1. The lowest BCUT2D eigenvalue weighted by Gasteiger charge is -2.15. The van der Waals surface area contributed by atoms with Crippen LogP contribution < -0.4 is 5.32 Å². The Hall–Kier alpha value is -1.94. The summed E-state index contributed by atoms with van der Waals surface area (Å²) in [6.45, 7) is 1.71. The van der Waals surface area contributed by atoms with Crippen molar-refractivity contribution in [1.29, 1.82) is 0 Å². The Bertz CT molecular complexity index is 929. The standard InChI is InChI=1S/C16H19FN4O3S2/c1-10(15(22)18-11-7-8-26(23,24)9-11)25-16-20-19-14(21(16)2)12-5-3-4-6-13(12)17/h3-6,10-11H,7-9H2,1-2H3,(H,18,22)/t10-,11-/m0/s1. The molecule has 0 radical (unpaired) electrons. The zero-order valence-electron chi connectivity index (χ0n) is 14.3. The number of aromatic nitrogens is 3. The van der Waals surface area contributed by atoms with Gasteiger partial charge in [-0.2, -0.15) is 0 Å². The third-order valence-corrected chi connectivity index (χ3v) is 7.08. The van der Waals surface area contributed by atoms with Crippen molar-refractivity contribution in [2.24, 2.45) is 7.05 Å². The van der Waals surface area contributed by atoms with E-state index in [1.54, 1.807) is 36.7 Å². The zero-order valence-corrected chi connectivity index (χ0v) is 16.0. The van der Waals surface area contributed by atoms with Crippen molar-refractivity contribution < 1.29 is 17.6 Å². The molecule has 0 unspecified atom stereocenters. The van der Waals surface area contributed by atoms with Gasteiger partial charge in [0.2, 0.25) is 5.91 Å². The smallest absolute Gasteiger partial charge is 0.233 e. The van der Waals surface area contributed by atoms with Gasteiger partial charge in [-0.1, -0.05) is 23.9 Å². The van der Waals surface area contributed by atoms with Gasteiger partial charge in [0, 0.05) is 13.1 Å². The van der Waals surface area contributed by atoms with E-state index in [4.69, 9.17) is 0 Å². The first-order valence-corrected chi connectivity index (χ1v) is 10.8. The van der Waals surface area contributed by atoms with Gasteiger partial charge >= 0.3 is 0 Å². The van der Waals surface area contributed by atoms with Gasteiger partial charge in [0.15, 0.2) is 20.8 Å². The molecule has 1 aromatic carbocycles. The van der Waals surface area contributed by atoms with E-state index < -0.39 is 20.9 Å². The number of rotatable bonds is 5. The van der Waals surface area contributed by atoms with Gasteiger partial charge < -0.3 is 9.88 Å². The van der Waals surface area contributed by atoms with Gasteiger partial charge in [-0.25, -0.2) is 12.8 Å². The normalized spacial score (nSPS) is 20.0. The highest BCUT2D eigenvalue weighted by atomic mass is 32.2. The average molecular weight is 398 g/mol. The van der Waals surface area contributed by atoms with Gasteiger partial charge in [0.25, 0.3) is 0 Å². The Morgan fingerprint density at radius 1 is 1.38 bits per heavy atom. The fourth-order valence-corrected chi connectivity index (χ4v) is 5.23. The Morgan fingerprint density at radius 3 is 2.77 bits per heavy atom. The third kappa shape index (κ3) is 4.07. The SMILES string of the molecule is C[C@H](Sc1nnc(-c2ccccc2F)n1C)C(=O)N[C@H]1CCS(=O)(=O)C1. The van der Waals surface area contributed by atoms with E-state index >= 15 is 0 Å². The second kappa shape index (κ2) is 7.36. The lowest BCUT2D eigenvalue weighted by Crippen LogP contribution is -2.40. The minimum Gasteiger partial charge on any atom is -0.351 e. The molecule has 3 rings (SSSR count). The van der Waals surface area contributed by atoms with Crippen LogP contribution in [0.1, 0.15) is 13.3 Å². The number of nitrogens with zero attached hydrogens (tertiary/aromatic N) is 3. The predicted octanol–water partition coefficient (Wildman–Crippen LogP) is 1.41. The lowest BCUT2D eigenvalue weighted by atomic mass is 10.2. The number of carbonyl (C=O) groups is 1. The molecule has 1 fully saturated rings. The molecule has 2 heterocycles. The van der Waals surface area contributed by atoms with Crippen LogP contribution in [0.25, 0.3) is 11.4 Å². The van der Waals surface area contributed by atoms with E-state index in [2.05, 4.69) is 15.5 Å². The fraction of sp³-hybridized carbons (Fsp3) is 0.438. The van der Waals surface area contributed by atoms with Crippen molar-refractivity contribution in [2.45, 2.75) is 29.8 Å². The number of carbonyl (C=O) groups excluding carboxylic acids is 1. The summed E-state index contributed by atoms with van der Waals surface area (Å²) in [4.78, 5) is 12.3. The Balaban J connectivity index is 1.67. The molecule has 140 valence electrons. The van der Waals surface area contributed by atoms with Crippen molar-refractivity contribution in [3.63, 3.8) is 0 Å². The summed E-state index contributed by atoms with van der Waals surface area (Å²) in [7, 11) is -1.34. The molecule has 1 aliphatic rings. The number of benzene rings is 1. The third-order valence-electron chi connectivity index (χ3n) is 4.18. The fourth-order valence-electron chi connectivity index (χ4n) is 2.73. The second-order valence-electron chi connectivity index (χ2n) is 6.21. The van der Waals surface area contributed by atoms with Crippen molar-refractivity contribution in [3.8, 4) is 11.4 Å². The van der Waals surface area contributed by atoms with Gasteiger partial charge in [0.1, 0.15) is 5.82 Å². The molecule has 2 atom stereocenters. The zero-order chi connectivity index (χ0) is 18.9. The first-order chi connectivity index (χ1) is 12.3. The van der Waals surface area contributed by atoms with Gasteiger partial charge in [-0.15, -0.1) is 10.2 Å². The first-order valence-electron chi connectivity index (χ1n) is 8.08. The Labute approximate surface area is 155 Å². The summed E-state index contributed by atoms with van der Waals surface area (Å²) in [5.74, 6) is -0.188. The molecule has 0 saturated carbocycles. The summed E-state index contributed by atoms with van der Waals surface area (Å²) in [6.07, 6.45) is 0.437. The maximum absolute atomic E-state index is 13.9. The second-order valence-corrected chi connectivity index (χ2v) is 9.75. The molecule has 1 aromatic heterocycles. The van der Waals surface area contributed by atoms with Crippen LogP contribution in [0.2, 0.25) is 0 Å². The highest BCUT2D eigenvalue weighted by Crippen LogP contribution is 2.27. The van der Waals surface area contributed by atoms with Crippen LogP contribution in [0.3, 0.4) is 0 Å². The molecule has 0 aliphatic carbocycles. The van der Waals surface area contributed by atoms with Crippen LogP contribution in [-0.2, 0) is 21.7 Å². The molecule has 1 aliphatic heterocycles. The summed E-state index contributed by atoms with van der Waals surface area (Å²) in [5.41, 5.74) is 0.336. The van der Waals surface area contributed by atoms with Gasteiger partial charge in [-0.05, 0) is 25.5 Å². The van der Waals surface area contributed by atoms with Crippen LogP contribution in [0.4, 0.5) is 4.39 Å². The monoisotopic (exact) mass is 398 g/mol. The highest BCUT2D eigenvalue weighted by Gasteiger charge is 2.30. The van der Waals surface area contributed by atoms with E-state index in [9.17, 15) is 17.6 Å². The number of nitrogens with one attached hydrogen (secondary N) is 1. The Kier molecular flexibility index (Phi) is 5.33. The highest BCUT2D eigenvalue weighted by molar-refractivity contribution is 8.00. The molecule has 7 nitrogen and oxygen atoms in total. The van der Waals surface area contributed by atoms with Crippen LogP contribution in [0.15, 0.2) is 29.4 Å². The number of hydrogen-bond donors (Lipinski definition) is 1. The molecule has 2 aromatic rings. The molecule has 1 N–H and O–H groups in total. The van der Waals surface area contributed by atoms with Crippen molar-refractivity contribution in [2.75, 3.05) is 11.5 Å². The van der Waals surface area contributed by atoms with E-state index in [1.807, 2.05) is 0 Å². The average Bonchev–Trinajstić information content (AvgIpc) is 3.10. The molecule has 1 amide bonds. The summed E-state index contributed by atoms with van der Waals surface area (Å²) in [5, 5.41) is 10.8.